The van der Waals surface area contributed by atoms with Crippen LogP contribution in [0.3, 0.4) is 0 Å². The molecule has 4 N–H and O–H groups in total. The van der Waals surface area contributed by atoms with Gasteiger partial charge >= 0.3 is 6.01 Å². The van der Waals surface area contributed by atoms with Gasteiger partial charge in [0.2, 0.25) is 0 Å². The molecule has 3 heterocycles. The van der Waals surface area contributed by atoms with Gasteiger partial charge in [0.05, 0.1) is 0 Å². The highest BCUT2D eigenvalue weighted by molar-refractivity contribution is 5.82. The largest absolute Gasteiger partial charge is 0.421 e. The number of H-pyrrole nitrogens is 2. The lowest BCUT2D eigenvalue weighted by molar-refractivity contribution is 0.415. The van der Waals surface area contributed by atoms with Gasteiger partial charge in [-0.25, -0.2) is 4.39 Å². The number of halogens is 1. The van der Waals surface area contributed by atoms with E-state index in [1.54, 1.807) is 24.3 Å². The Morgan fingerprint density at radius 3 is 2.52 bits per heavy atom. The number of rotatable bonds is 6. The number of ether oxygens (including phenoxy) is 1. The zero-order valence-electron chi connectivity index (χ0n) is 16.6. The van der Waals surface area contributed by atoms with E-state index < -0.39 is 5.82 Å². The Balaban J connectivity index is 1.68. The minimum absolute atomic E-state index is 0.0240. The van der Waals surface area contributed by atoms with Crippen LogP contribution in [0.1, 0.15) is 25.2 Å². The SMILES string of the molecule is Cc1cc(Nc2cc(NC(C)C)nc(Oc3ccc4[nH]c(C)cc4c3F)n2)n[nH]1. The average molecular weight is 395 g/mol. The van der Waals surface area contributed by atoms with Crippen LogP contribution >= 0.6 is 0 Å². The molecule has 0 aliphatic heterocycles. The maximum Gasteiger partial charge on any atom is 0.326 e. The predicted molar refractivity (Wildman–Crippen MR) is 110 cm³/mol. The Hall–Kier alpha value is -3.62. The number of anilines is 3. The summed E-state index contributed by atoms with van der Waals surface area (Å²) < 4.78 is 20.6. The number of fused-ring (bicyclic) bond motifs is 1. The maximum atomic E-state index is 14.9. The van der Waals surface area contributed by atoms with Gasteiger partial charge in [-0.1, -0.05) is 0 Å². The van der Waals surface area contributed by atoms with E-state index in [2.05, 4.69) is 35.8 Å². The summed E-state index contributed by atoms with van der Waals surface area (Å²) in [6.07, 6.45) is 0. The third-order valence-corrected chi connectivity index (χ3v) is 4.14. The topological polar surface area (TPSA) is 104 Å². The second kappa shape index (κ2) is 7.42. The van der Waals surface area contributed by atoms with Gasteiger partial charge in [-0.2, -0.15) is 15.1 Å². The quantitative estimate of drug-likeness (QED) is 0.374. The zero-order valence-corrected chi connectivity index (χ0v) is 16.6. The van der Waals surface area contributed by atoms with Crippen molar-refractivity contribution < 1.29 is 9.13 Å². The second-order valence-corrected chi connectivity index (χ2v) is 7.17. The van der Waals surface area contributed by atoms with Crippen LogP contribution in [0.2, 0.25) is 0 Å². The molecule has 0 saturated heterocycles. The van der Waals surface area contributed by atoms with Crippen molar-refractivity contribution in [3.63, 3.8) is 0 Å². The normalized spacial score (nSPS) is 11.2. The maximum absolute atomic E-state index is 14.9. The summed E-state index contributed by atoms with van der Waals surface area (Å²) in [6, 6.07) is 8.82. The molecule has 29 heavy (non-hydrogen) atoms. The molecule has 0 saturated carbocycles. The van der Waals surface area contributed by atoms with Crippen molar-refractivity contribution in [2.45, 2.75) is 33.7 Å². The summed E-state index contributed by atoms with van der Waals surface area (Å²) in [5.41, 5.74) is 2.49. The fourth-order valence-corrected chi connectivity index (χ4v) is 2.98. The molecule has 0 aliphatic rings. The molecule has 4 aromatic rings. The minimum atomic E-state index is -0.463. The van der Waals surface area contributed by atoms with Crippen molar-refractivity contribution >= 4 is 28.4 Å². The van der Waals surface area contributed by atoms with Crippen molar-refractivity contribution in [2.24, 2.45) is 0 Å². The standard InChI is InChI=1S/C20H22FN7O/c1-10(2)22-16-9-17(24-18-8-12(4)27-28-18)26-20(25-16)29-15-6-5-14-13(19(15)21)7-11(3)23-14/h5-10,23H,1-4H3,(H3,22,24,25,26,27,28). The molecule has 0 aliphatic carbocycles. The Morgan fingerprint density at radius 1 is 1.00 bits per heavy atom. The smallest absolute Gasteiger partial charge is 0.326 e. The van der Waals surface area contributed by atoms with E-state index in [4.69, 9.17) is 4.74 Å². The highest BCUT2D eigenvalue weighted by Gasteiger charge is 2.15. The van der Waals surface area contributed by atoms with E-state index in [1.165, 1.54) is 0 Å². The average Bonchev–Trinajstić information content (AvgIpc) is 3.22. The molecule has 0 spiro atoms. The summed E-state index contributed by atoms with van der Waals surface area (Å²) in [7, 11) is 0. The van der Waals surface area contributed by atoms with Crippen molar-refractivity contribution in [3.8, 4) is 11.8 Å². The Morgan fingerprint density at radius 2 is 1.79 bits per heavy atom. The molecule has 150 valence electrons. The Labute approximate surface area is 166 Å². The first-order valence-electron chi connectivity index (χ1n) is 9.27. The highest BCUT2D eigenvalue weighted by Crippen LogP contribution is 2.30. The van der Waals surface area contributed by atoms with Gasteiger partial charge < -0.3 is 20.4 Å². The number of benzene rings is 1. The Kier molecular flexibility index (Phi) is 4.79. The van der Waals surface area contributed by atoms with E-state index in [9.17, 15) is 4.39 Å². The molecule has 1 aromatic carbocycles. The summed E-state index contributed by atoms with van der Waals surface area (Å²) >= 11 is 0. The number of hydrogen-bond acceptors (Lipinski definition) is 6. The first kappa shape index (κ1) is 18.7. The lowest BCUT2D eigenvalue weighted by atomic mass is 10.2. The minimum Gasteiger partial charge on any atom is -0.421 e. The van der Waals surface area contributed by atoms with Crippen LogP contribution in [0, 0.1) is 19.7 Å². The molecule has 0 bridgehead atoms. The number of hydrogen-bond donors (Lipinski definition) is 4. The van der Waals surface area contributed by atoms with Gasteiger partial charge in [-0.05, 0) is 45.9 Å². The van der Waals surface area contributed by atoms with Crippen molar-refractivity contribution in [1.29, 1.82) is 0 Å². The molecular formula is C20H22FN7O. The second-order valence-electron chi connectivity index (χ2n) is 7.17. The number of nitrogens with one attached hydrogen (secondary N) is 4. The lowest BCUT2D eigenvalue weighted by Gasteiger charge is -2.13. The predicted octanol–water partition coefficient (Wildman–Crippen LogP) is 4.79. The third-order valence-electron chi connectivity index (χ3n) is 4.14. The lowest BCUT2D eigenvalue weighted by Crippen LogP contribution is -2.12. The monoisotopic (exact) mass is 395 g/mol. The van der Waals surface area contributed by atoms with Gasteiger partial charge in [0.1, 0.15) is 11.6 Å². The number of aryl methyl sites for hydroxylation is 2. The van der Waals surface area contributed by atoms with Gasteiger partial charge in [0, 0.05) is 40.5 Å². The molecule has 4 rings (SSSR count). The Bertz CT molecular complexity index is 1170. The van der Waals surface area contributed by atoms with E-state index >= 15 is 0 Å². The van der Waals surface area contributed by atoms with Gasteiger partial charge in [-0.3, -0.25) is 5.10 Å². The van der Waals surface area contributed by atoms with Gasteiger partial charge in [0.15, 0.2) is 17.4 Å². The summed E-state index contributed by atoms with van der Waals surface area (Å²) in [5.74, 6) is 1.23. The summed E-state index contributed by atoms with van der Waals surface area (Å²) in [5, 5.41) is 13.8. The van der Waals surface area contributed by atoms with E-state index in [-0.39, 0.29) is 17.8 Å². The van der Waals surface area contributed by atoms with Crippen LogP contribution in [0.4, 0.5) is 21.8 Å². The molecular weight excluding hydrogens is 373 g/mol. The molecule has 9 heteroatoms. The van der Waals surface area contributed by atoms with E-state index in [1.807, 2.05) is 33.8 Å². The van der Waals surface area contributed by atoms with Crippen LogP contribution in [0.5, 0.6) is 11.8 Å². The molecule has 8 nitrogen and oxygen atoms in total. The fraction of sp³-hybridized carbons (Fsp3) is 0.250. The summed E-state index contributed by atoms with van der Waals surface area (Å²) in [6.45, 7) is 7.77. The number of aromatic amines is 2. The molecule has 3 aromatic heterocycles. The molecule has 0 fully saturated rings. The van der Waals surface area contributed by atoms with Gasteiger partial charge in [0.25, 0.3) is 0 Å². The molecule has 0 amide bonds. The van der Waals surface area contributed by atoms with E-state index in [0.717, 1.165) is 11.4 Å². The summed E-state index contributed by atoms with van der Waals surface area (Å²) in [4.78, 5) is 11.8. The van der Waals surface area contributed by atoms with Crippen molar-refractivity contribution in [1.82, 2.24) is 25.1 Å². The first-order valence-corrected chi connectivity index (χ1v) is 9.27. The van der Waals surface area contributed by atoms with Crippen molar-refractivity contribution in [3.05, 3.63) is 47.5 Å². The number of aromatic nitrogens is 5. The highest BCUT2D eigenvalue weighted by atomic mass is 19.1. The third kappa shape index (κ3) is 4.13. The van der Waals surface area contributed by atoms with Crippen molar-refractivity contribution in [2.75, 3.05) is 10.6 Å². The molecule has 0 unspecified atom stereocenters. The zero-order chi connectivity index (χ0) is 20.5. The van der Waals surface area contributed by atoms with E-state index in [0.29, 0.717) is 28.4 Å². The molecule has 0 atom stereocenters. The number of nitrogens with zero attached hydrogens (tertiary/aromatic N) is 3. The van der Waals surface area contributed by atoms with Crippen LogP contribution in [-0.4, -0.2) is 31.2 Å². The van der Waals surface area contributed by atoms with Crippen LogP contribution in [0.15, 0.2) is 30.3 Å². The van der Waals surface area contributed by atoms with Gasteiger partial charge in [-0.15, -0.1) is 0 Å². The van der Waals surface area contributed by atoms with Crippen LogP contribution in [0.25, 0.3) is 10.9 Å². The molecule has 0 radical (unpaired) electrons. The van der Waals surface area contributed by atoms with Crippen LogP contribution < -0.4 is 15.4 Å². The van der Waals surface area contributed by atoms with Crippen LogP contribution in [-0.2, 0) is 0 Å². The fourth-order valence-electron chi connectivity index (χ4n) is 2.98. The first-order chi connectivity index (χ1) is 13.9.